The first kappa shape index (κ1) is 21.6. The van der Waals surface area contributed by atoms with E-state index in [1.807, 2.05) is 24.3 Å². The molecule has 6 heteroatoms. The van der Waals surface area contributed by atoms with E-state index in [9.17, 15) is 9.18 Å². The van der Waals surface area contributed by atoms with E-state index in [0.717, 1.165) is 24.3 Å². The predicted octanol–water partition coefficient (Wildman–Crippen LogP) is 4.22. The number of benzene rings is 1. The molecular weight excluding hydrogens is 349 g/mol. The van der Waals surface area contributed by atoms with Crippen LogP contribution in [0, 0.1) is 0 Å². The number of hydrogen-bond donors (Lipinski definition) is 1. The summed E-state index contributed by atoms with van der Waals surface area (Å²) in [5.41, 5.74) is 0.998. The Balaban J connectivity index is 1.73. The molecule has 5 nitrogen and oxygen atoms in total. The van der Waals surface area contributed by atoms with E-state index >= 15 is 0 Å². The second kappa shape index (κ2) is 11.9. The van der Waals surface area contributed by atoms with Crippen molar-refractivity contribution in [2.24, 2.45) is 0 Å². The zero-order valence-electron chi connectivity index (χ0n) is 16.2. The molecule has 0 spiro atoms. The van der Waals surface area contributed by atoms with Gasteiger partial charge in [0.15, 0.2) is 0 Å². The van der Waals surface area contributed by atoms with E-state index in [-0.39, 0.29) is 12.6 Å². The summed E-state index contributed by atoms with van der Waals surface area (Å²) in [7, 11) is 0. The zero-order chi connectivity index (χ0) is 19.5. The number of ether oxygens (including phenoxy) is 2. The zero-order valence-corrected chi connectivity index (χ0v) is 16.2. The van der Waals surface area contributed by atoms with Crippen LogP contribution >= 0.6 is 0 Å². The number of aliphatic carboxylic acids is 1. The van der Waals surface area contributed by atoms with Gasteiger partial charge >= 0.3 is 5.97 Å². The molecule has 1 fully saturated rings. The Hall–Kier alpha value is -1.66. The molecule has 2 unspecified atom stereocenters. The van der Waals surface area contributed by atoms with Crippen molar-refractivity contribution in [1.82, 2.24) is 4.90 Å². The summed E-state index contributed by atoms with van der Waals surface area (Å²) in [6, 6.07) is 7.80. The molecule has 0 amide bonds. The second-order valence-corrected chi connectivity index (χ2v) is 7.11. The molecule has 152 valence electrons. The fourth-order valence-corrected chi connectivity index (χ4v) is 3.23. The Morgan fingerprint density at radius 1 is 1.26 bits per heavy atom. The van der Waals surface area contributed by atoms with Crippen LogP contribution in [-0.4, -0.2) is 55.0 Å². The highest BCUT2D eigenvalue weighted by molar-refractivity contribution is 5.72. The minimum atomic E-state index is -1.86. The van der Waals surface area contributed by atoms with Gasteiger partial charge in [0.1, 0.15) is 5.75 Å². The van der Waals surface area contributed by atoms with Crippen LogP contribution in [-0.2, 0) is 9.53 Å². The third-order valence-electron chi connectivity index (χ3n) is 4.86. The summed E-state index contributed by atoms with van der Waals surface area (Å²) >= 11 is 0. The van der Waals surface area contributed by atoms with Gasteiger partial charge in [-0.3, -0.25) is 4.90 Å². The normalized spacial score (nSPS) is 19.0. The Morgan fingerprint density at radius 3 is 2.67 bits per heavy atom. The Labute approximate surface area is 161 Å². The Morgan fingerprint density at radius 2 is 1.96 bits per heavy atom. The van der Waals surface area contributed by atoms with Crippen molar-refractivity contribution in [1.29, 1.82) is 0 Å². The van der Waals surface area contributed by atoms with Gasteiger partial charge in [0.2, 0.25) is 6.17 Å². The highest BCUT2D eigenvalue weighted by Crippen LogP contribution is 2.24. The SMILES string of the molecule is CCCCCCCCOc1ccc(C2CN(CC(F)C(=O)O)CCO2)cc1. The fourth-order valence-electron chi connectivity index (χ4n) is 3.23. The largest absolute Gasteiger partial charge is 0.494 e. The third-order valence-corrected chi connectivity index (χ3v) is 4.86. The number of carbonyl (C=O) groups is 1. The van der Waals surface area contributed by atoms with Gasteiger partial charge in [-0.2, -0.15) is 0 Å². The van der Waals surface area contributed by atoms with Gasteiger partial charge in [0, 0.05) is 19.6 Å². The molecule has 0 radical (unpaired) electrons. The molecule has 1 heterocycles. The lowest BCUT2D eigenvalue weighted by molar-refractivity contribution is -0.144. The van der Waals surface area contributed by atoms with Crippen LogP contribution in [0.5, 0.6) is 5.75 Å². The van der Waals surface area contributed by atoms with Gasteiger partial charge in [-0.1, -0.05) is 51.2 Å². The van der Waals surface area contributed by atoms with Crippen LogP contribution in [0.2, 0.25) is 0 Å². The summed E-state index contributed by atoms with van der Waals surface area (Å²) in [5.74, 6) is -0.570. The molecule has 0 bridgehead atoms. The minimum absolute atomic E-state index is 0.103. The van der Waals surface area contributed by atoms with Crippen molar-refractivity contribution < 1.29 is 23.8 Å². The first-order valence-corrected chi connectivity index (χ1v) is 10.0. The lowest BCUT2D eigenvalue weighted by Crippen LogP contribution is -2.43. The second-order valence-electron chi connectivity index (χ2n) is 7.11. The van der Waals surface area contributed by atoms with Crippen LogP contribution < -0.4 is 4.74 Å². The van der Waals surface area contributed by atoms with E-state index in [1.54, 1.807) is 4.90 Å². The molecule has 2 atom stereocenters. The summed E-state index contributed by atoms with van der Waals surface area (Å²) in [4.78, 5) is 12.5. The lowest BCUT2D eigenvalue weighted by Gasteiger charge is -2.33. The molecule has 1 saturated heterocycles. The van der Waals surface area contributed by atoms with E-state index in [0.29, 0.717) is 19.7 Å². The summed E-state index contributed by atoms with van der Waals surface area (Å²) < 4.78 is 25.0. The van der Waals surface area contributed by atoms with Crippen molar-refractivity contribution in [2.75, 3.05) is 32.8 Å². The average molecular weight is 381 g/mol. The maximum Gasteiger partial charge on any atom is 0.339 e. The quantitative estimate of drug-likeness (QED) is 0.549. The number of hydrogen-bond acceptors (Lipinski definition) is 4. The van der Waals surface area contributed by atoms with Crippen molar-refractivity contribution >= 4 is 5.97 Å². The molecule has 1 aliphatic heterocycles. The van der Waals surface area contributed by atoms with Gasteiger partial charge < -0.3 is 14.6 Å². The number of nitrogens with zero attached hydrogens (tertiary/aromatic N) is 1. The molecule has 2 rings (SSSR count). The molecule has 0 saturated carbocycles. The number of carboxylic acids is 1. The molecule has 0 aromatic heterocycles. The van der Waals surface area contributed by atoms with Crippen LogP contribution in [0.3, 0.4) is 0 Å². The molecule has 1 aromatic carbocycles. The molecule has 0 aliphatic carbocycles. The molecular formula is C21H32FNO4. The Bertz CT molecular complexity index is 552. The number of carboxylic acid groups (broad SMARTS) is 1. The van der Waals surface area contributed by atoms with Crippen LogP contribution in [0.15, 0.2) is 24.3 Å². The summed E-state index contributed by atoms with van der Waals surface area (Å²) in [6.45, 7) is 4.35. The third kappa shape index (κ3) is 7.85. The topological polar surface area (TPSA) is 59.0 Å². The minimum Gasteiger partial charge on any atom is -0.494 e. The van der Waals surface area contributed by atoms with Crippen LogP contribution in [0.1, 0.15) is 57.1 Å². The average Bonchev–Trinajstić information content (AvgIpc) is 2.68. The number of unbranched alkanes of at least 4 members (excludes halogenated alkanes) is 5. The first-order valence-electron chi connectivity index (χ1n) is 10.0. The van der Waals surface area contributed by atoms with Gasteiger partial charge in [-0.25, -0.2) is 9.18 Å². The maximum atomic E-state index is 13.4. The number of halogens is 1. The van der Waals surface area contributed by atoms with E-state index < -0.39 is 12.1 Å². The van der Waals surface area contributed by atoms with E-state index in [4.69, 9.17) is 14.6 Å². The van der Waals surface area contributed by atoms with Crippen molar-refractivity contribution in [2.45, 2.75) is 57.7 Å². The predicted molar refractivity (Wildman–Crippen MR) is 103 cm³/mol. The van der Waals surface area contributed by atoms with E-state index in [2.05, 4.69) is 6.92 Å². The molecule has 1 aliphatic rings. The van der Waals surface area contributed by atoms with Crippen molar-refractivity contribution in [3.8, 4) is 5.75 Å². The summed E-state index contributed by atoms with van der Waals surface area (Å²) in [5, 5.41) is 8.72. The highest BCUT2D eigenvalue weighted by atomic mass is 19.1. The van der Waals surface area contributed by atoms with Crippen molar-refractivity contribution in [3.63, 3.8) is 0 Å². The van der Waals surface area contributed by atoms with Gasteiger partial charge in [0.25, 0.3) is 0 Å². The highest BCUT2D eigenvalue weighted by Gasteiger charge is 2.26. The monoisotopic (exact) mass is 381 g/mol. The van der Waals surface area contributed by atoms with Gasteiger partial charge in [0.05, 0.1) is 19.3 Å². The van der Waals surface area contributed by atoms with Crippen LogP contribution in [0.4, 0.5) is 4.39 Å². The molecule has 27 heavy (non-hydrogen) atoms. The standard InChI is InChI=1S/C21H32FNO4/c1-2-3-4-5-6-7-13-26-18-10-8-17(9-11-18)20-16-23(12-14-27-20)15-19(22)21(24)25/h8-11,19-20H,2-7,12-16H2,1H3,(H,24,25). The van der Waals surface area contributed by atoms with Gasteiger partial charge in [-0.05, 0) is 24.1 Å². The van der Waals surface area contributed by atoms with Crippen molar-refractivity contribution in [3.05, 3.63) is 29.8 Å². The van der Waals surface area contributed by atoms with Crippen LogP contribution in [0.25, 0.3) is 0 Å². The number of alkyl halides is 1. The molecule has 1 aromatic rings. The first-order chi connectivity index (χ1) is 13.1. The van der Waals surface area contributed by atoms with E-state index in [1.165, 1.54) is 32.1 Å². The fraction of sp³-hybridized carbons (Fsp3) is 0.667. The van der Waals surface area contributed by atoms with Gasteiger partial charge in [-0.15, -0.1) is 0 Å². The smallest absolute Gasteiger partial charge is 0.339 e. The number of rotatable bonds is 12. The Kier molecular flexibility index (Phi) is 9.56. The molecule has 1 N–H and O–H groups in total. The maximum absolute atomic E-state index is 13.4. The summed E-state index contributed by atoms with van der Waals surface area (Å²) in [6.07, 6.45) is 5.39. The number of morpholine rings is 1. The lowest BCUT2D eigenvalue weighted by atomic mass is 10.1.